The molecular formula is C13H12N2O3. The van der Waals surface area contributed by atoms with E-state index in [4.69, 9.17) is 10.5 Å². The van der Waals surface area contributed by atoms with Crippen LogP contribution < -0.4 is 10.5 Å². The zero-order chi connectivity index (χ0) is 13.3. The Bertz CT molecular complexity index is 655. The highest BCUT2D eigenvalue weighted by atomic mass is 16.5. The molecule has 5 heteroatoms. The van der Waals surface area contributed by atoms with Crippen LogP contribution in [0.25, 0.3) is 16.5 Å². The van der Waals surface area contributed by atoms with Crippen LogP contribution in [0.5, 0.6) is 5.75 Å². The van der Waals surface area contributed by atoms with Gasteiger partial charge < -0.3 is 15.5 Å². The smallest absolute Gasteiger partial charge is 0.308 e. The van der Waals surface area contributed by atoms with Gasteiger partial charge in [-0.1, -0.05) is 18.7 Å². The van der Waals surface area contributed by atoms with Crippen molar-refractivity contribution in [2.24, 2.45) is 5.73 Å². The normalized spacial score (nSPS) is 10.3. The van der Waals surface area contributed by atoms with Crippen LogP contribution in [0.2, 0.25) is 0 Å². The first-order chi connectivity index (χ1) is 8.50. The SMILES string of the molecule is C=C(C(N)=O)c1[nH]c2ccccc2c1OC(C)=O. The lowest BCUT2D eigenvalue weighted by molar-refractivity contribution is -0.131. The molecule has 1 aromatic carbocycles. The van der Waals surface area contributed by atoms with Crippen molar-refractivity contribution >= 4 is 28.4 Å². The first kappa shape index (κ1) is 11.9. The van der Waals surface area contributed by atoms with Gasteiger partial charge in [0.2, 0.25) is 5.91 Å². The second-order valence-corrected chi connectivity index (χ2v) is 3.81. The summed E-state index contributed by atoms with van der Waals surface area (Å²) in [5.41, 5.74) is 6.34. The number of primary amides is 1. The molecule has 0 radical (unpaired) electrons. The Morgan fingerprint density at radius 2 is 2.00 bits per heavy atom. The first-order valence-corrected chi connectivity index (χ1v) is 5.29. The molecule has 5 nitrogen and oxygen atoms in total. The summed E-state index contributed by atoms with van der Waals surface area (Å²) in [4.78, 5) is 25.3. The number of ether oxygens (including phenoxy) is 1. The molecule has 0 saturated carbocycles. The van der Waals surface area contributed by atoms with Crippen molar-refractivity contribution in [3.63, 3.8) is 0 Å². The predicted molar refractivity (Wildman–Crippen MR) is 67.8 cm³/mol. The third-order valence-corrected chi connectivity index (χ3v) is 2.50. The number of nitrogens with two attached hydrogens (primary N) is 1. The van der Waals surface area contributed by atoms with E-state index in [1.807, 2.05) is 6.07 Å². The molecule has 2 aromatic rings. The van der Waals surface area contributed by atoms with E-state index in [2.05, 4.69) is 11.6 Å². The Balaban J connectivity index is 2.67. The molecule has 3 N–H and O–H groups in total. The number of nitrogens with one attached hydrogen (secondary N) is 1. The molecule has 0 bridgehead atoms. The van der Waals surface area contributed by atoms with Crippen molar-refractivity contribution in [2.45, 2.75) is 6.92 Å². The van der Waals surface area contributed by atoms with E-state index in [9.17, 15) is 9.59 Å². The predicted octanol–water partition coefficient (Wildman–Crippen LogP) is 1.59. The lowest BCUT2D eigenvalue weighted by Crippen LogP contribution is -2.13. The van der Waals surface area contributed by atoms with Crippen molar-refractivity contribution in [2.75, 3.05) is 0 Å². The largest absolute Gasteiger partial charge is 0.424 e. The zero-order valence-corrected chi connectivity index (χ0v) is 9.82. The van der Waals surface area contributed by atoms with Crippen LogP contribution in [0.15, 0.2) is 30.8 Å². The van der Waals surface area contributed by atoms with Crippen molar-refractivity contribution < 1.29 is 14.3 Å². The zero-order valence-electron chi connectivity index (χ0n) is 9.82. The van der Waals surface area contributed by atoms with E-state index in [0.29, 0.717) is 11.1 Å². The molecule has 0 spiro atoms. The van der Waals surface area contributed by atoms with Gasteiger partial charge in [-0.3, -0.25) is 9.59 Å². The summed E-state index contributed by atoms with van der Waals surface area (Å²) in [6, 6.07) is 7.22. The van der Waals surface area contributed by atoms with Crippen molar-refractivity contribution in [1.29, 1.82) is 0 Å². The Kier molecular flexibility index (Phi) is 2.89. The molecule has 0 aliphatic carbocycles. The third kappa shape index (κ3) is 1.98. The van der Waals surface area contributed by atoms with Gasteiger partial charge in [-0.05, 0) is 12.1 Å². The van der Waals surface area contributed by atoms with Crippen molar-refractivity contribution in [3.05, 3.63) is 36.5 Å². The van der Waals surface area contributed by atoms with Gasteiger partial charge in [0.15, 0.2) is 5.75 Å². The molecule has 0 saturated heterocycles. The Morgan fingerprint density at radius 1 is 1.33 bits per heavy atom. The minimum Gasteiger partial charge on any atom is -0.424 e. The highest BCUT2D eigenvalue weighted by molar-refractivity contribution is 6.19. The van der Waals surface area contributed by atoms with E-state index in [1.165, 1.54) is 6.92 Å². The van der Waals surface area contributed by atoms with Gasteiger partial charge in [0.25, 0.3) is 0 Å². The van der Waals surface area contributed by atoms with Gasteiger partial charge in [0, 0.05) is 17.8 Å². The highest BCUT2D eigenvalue weighted by Gasteiger charge is 2.19. The van der Waals surface area contributed by atoms with Crippen LogP contribution in [0, 0.1) is 0 Å². The number of aromatic nitrogens is 1. The van der Waals surface area contributed by atoms with E-state index in [1.54, 1.807) is 18.2 Å². The number of aromatic amines is 1. The van der Waals surface area contributed by atoms with Crippen LogP contribution >= 0.6 is 0 Å². The van der Waals surface area contributed by atoms with Crippen LogP contribution in [0.4, 0.5) is 0 Å². The fourth-order valence-electron chi connectivity index (χ4n) is 1.70. The number of H-pyrrole nitrogens is 1. The Labute approximate surface area is 103 Å². The number of carbonyl (C=O) groups excluding carboxylic acids is 2. The summed E-state index contributed by atoms with van der Waals surface area (Å²) in [7, 11) is 0. The second-order valence-electron chi connectivity index (χ2n) is 3.81. The monoisotopic (exact) mass is 244 g/mol. The lowest BCUT2D eigenvalue weighted by atomic mass is 10.1. The number of hydrogen-bond acceptors (Lipinski definition) is 3. The molecule has 0 aliphatic heterocycles. The van der Waals surface area contributed by atoms with E-state index >= 15 is 0 Å². The number of benzene rings is 1. The number of hydrogen-bond donors (Lipinski definition) is 2. The van der Waals surface area contributed by atoms with Gasteiger partial charge in [-0.2, -0.15) is 0 Å². The number of fused-ring (bicyclic) bond motifs is 1. The average Bonchev–Trinajstić information content (AvgIpc) is 2.66. The molecule has 0 aliphatic rings. The first-order valence-electron chi connectivity index (χ1n) is 5.29. The number of carbonyl (C=O) groups is 2. The minimum absolute atomic E-state index is 0.0717. The maximum atomic E-state index is 11.2. The second kappa shape index (κ2) is 4.37. The molecule has 2 rings (SSSR count). The lowest BCUT2D eigenvalue weighted by Gasteiger charge is -2.04. The van der Waals surface area contributed by atoms with E-state index in [-0.39, 0.29) is 11.3 Å². The average molecular weight is 244 g/mol. The minimum atomic E-state index is -0.671. The van der Waals surface area contributed by atoms with E-state index in [0.717, 1.165) is 5.52 Å². The van der Waals surface area contributed by atoms with Gasteiger partial charge in [0.05, 0.1) is 11.3 Å². The quantitative estimate of drug-likeness (QED) is 0.635. The van der Waals surface area contributed by atoms with Gasteiger partial charge in [-0.25, -0.2) is 0 Å². The summed E-state index contributed by atoms with van der Waals surface area (Å²) >= 11 is 0. The molecule has 1 amide bonds. The maximum Gasteiger partial charge on any atom is 0.308 e. The summed E-state index contributed by atoms with van der Waals surface area (Å²) in [5.74, 6) is -0.866. The van der Waals surface area contributed by atoms with Crippen molar-refractivity contribution in [3.8, 4) is 5.75 Å². The standard InChI is InChI=1S/C13H12N2O3/c1-7(13(14)17)11-12(18-8(2)16)9-5-3-4-6-10(9)15-11/h3-6,15H,1H2,2H3,(H2,14,17). The van der Waals surface area contributed by atoms with Crippen LogP contribution in [0.3, 0.4) is 0 Å². The van der Waals surface area contributed by atoms with Gasteiger partial charge in [-0.15, -0.1) is 0 Å². The summed E-state index contributed by atoms with van der Waals surface area (Å²) in [6.07, 6.45) is 0. The fourth-order valence-corrected chi connectivity index (χ4v) is 1.70. The number of para-hydroxylation sites is 1. The Hall–Kier alpha value is -2.56. The van der Waals surface area contributed by atoms with E-state index < -0.39 is 11.9 Å². The highest BCUT2D eigenvalue weighted by Crippen LogP contribution is 2.33. The van der Waals surface area contributed by atoms with Crippen LogP contribution in [-0.4, -0.2) is 16.9 Å². The van der Waals surface area contributed by atoms with Crippen LogP contribution in [0.1, 0.15) is 12.6 Å². The third-order valence-electron chi connectivity index (χ3n) is 2.50. The molecule has 0 fully saturated rings. The van der Waals surface area contributed by atoms with Crippen molar-refractivity contribution in [1.82, 2.24) is 4.98 Å². The maximum absolute atomic E-state index is 11.2. The molecule has 0 unspecified atom stereocenters. The van der Waals surface area contributed by atoms with Gasteiger partial charge >= 0.3 is 5.97 Å². The topological polar surface area (TPSA) is 85.2 Å². The van der Waals surface area contributed by atoms with Crippen LogP contribution in [-0.2, 0) is 9.59 Å². The molecule has 18 heavy (non-hydrogen) atoms. The number of esters is 1. The number of rotatable bonds is 3. The molecule has 1 heterocycles. The van der Waals surface area contributed by atoms with Gasteiger partial charge in [0.1, 0.15) is 0 Å². The summed E-state index contributed by atoms with van der Waals surface area (Å²) in [6.45, 7) is 4.88. The molecule has 0 atom stereocenters. The summed E-state index contributed by atoms with van der Waals surface area (Å²) < 4.78 is 5.13. The number of amides is 1. The summed E-state index contributed by atoms with van der Waals surface area (Å²) in [5, 5.41) is 0.699. The fraction of sp³-hybridized carbons (Fsp3) is 0.0769. The Morgan fingerprint density at radius 3 is 2.61 bits per heavy atom. The molecular weight excluding hydrogens is 232 g/mol. The molecule has 1 aromatic heterocycles. The molecule has 92 valence electrons.